The molecule has 4 aromatic rings. The predicted octanol–water partition coefficient (Wildman–Crippen LogP) is 3.99. The highest BCUT2D eigenvalue weighted by atomic mass is 16.5. The molecule has 0 N–H and O–H groups in total. The number of carbonyl (C=O) groups is 2. The number of carbonyl (C=O) groups excluding carboxylic acids is 2. The van der Waals surface area contributed by atoms with Crippen molar-refractivity contribution in [3.05, 3.63) is 111 Å². The first-order chi connectivity index (χ1) is 17.5. The van der Waals surface area contributed by atoms with E-state index in [1.807, 2.05) is 55.5 Å². The third-order valence-electron chi connectivity index (χ3n) is 7.12. The van der Waals surface area contributed by atoms with Gasteiger partial charge in [0.15, 0.2) is 11.0 Å². The van der Waals surface area contributed by atoms with Gasteiger partial charge in [-0.15, -0.1) is 0 Å². The topological polar surface area (TPSA) is 80.1 Å². The lowest BCUT2D eigenvalue weighted by atomic mass is 9.84. The summed E-state index contributed by atoms with van der Waals surface area (Å²) >= 11 is 0. The van der Waals surface area contributed by atoms with E-state index in [1.54, 1.807) is 29.2 Å². The normalized spacial score (nSPS) is 18.4. The van der Waals surface area contributed by atoms with Gasteiger partial charge in [-0.25, -0.2) is 0 Å². The molecule has 0 saturated heterocycles. The molecule has 36 heavy (non-hydrogen) atoms. The van der Waals surface area contributed by atoms with Crippen LogP contribution < -0.4 is 10.3 Å². The first kappa shape index (κ1) is 22.2. The molecule has 2 amide bonds. The molecule has 7 heteroatoms. The van der Waals surface area contributed by atoms with E-state index in [0.717, 1.165) is 11.1 Å². The third kappa shape index (κ3) is 2.93. The van der Waals surface area contributed by atoms with Gasteiger partial charge in [-0.2, -0.15) is 0 Å². The molecule has 2 aliphatic rings. The number of anilines is 1. The van der Waals surface area contributed by atoms with E-state index in [2.05, 4.69) is 0 Å². The molecule has 0 aliphatic carbocycles. The van der Waals surface area contributed by atoms with Crippen LogP contribution in [0.4, 0.5) is 5.69 Å². The van der Waals surface area contributed by atoms with Gasteiger partial charge in [0.1, 0.15) is 5.58 Å². The minimum Gasteiger partial charge on any atom is -0.450 e. The number of ether oxygens (including phenoxy) is 1. The summed E-state index contributed by atoms with van der Waals surface area (Å²) in [6.07, 6.45) is 0. The fourth-order valence-electron chi connectivity index (χ4n) is 5.45. The van der Waals surface area contributed by atoms with E-state index < -0.39 is 11.4 Å². The Bertz CT molecular complexity index is 1590. The van der Waals surface area contributed by atoms with Crippen LogP contribution in [-0.4, -0.2) is 37.0 Å². The van der Waals surface area contributed by atoms with Crippen molar-refractivity contribution >= 4 is 28.5 Å². The van der Waals surface area contributed by atoms with Crippen LogP contribution in [0, 0.1) is 6.92 Å². The summed E-state index contributed by atoms with van der Waals surface area (Å²) in [7, 11) is 1.53. The van der Waals surface area contributed by atoms with Crippen LogP contribution in [0.15, 0.2) is 82.0 Å². The molecule has 0 bridgehead atoms. The van der Waals surface area contributed by atoms with Crippen molar-refractivity contribution in [2.75, 3.05) is 25.2 Å². The summed E-state index contributed by atoms with van der Waals surface area (Å²) in [6.45, 7) is 2.63. The van der Waals surface area contributed by atoms with E-state index in [4.69, 9.17) is 9.15 Å². The number of benzene rings is 3. The second-order valence-corrected chi connectivity index (χ2v) is 9.19. The monoisotopic (exact) mass is 480 g/mol. The Morgan fingerprint density at radius 1 is 0.917 bits per heavy atom. The van der Waals surface area contributed by atoms with Gasteiger partial charge in [0, 0.05) is 19.2 Å². The molecule has 0 fully saturated rings. The van der Waals surface area contributed by atoms with Gasteiger partial charge in [-0.3, -0.25) is 14.4 Å². The fourth-order valence-corrected chi connectivity index (χ4v) is 5.45. The zero-order chi connectivity index (χ0) is 25.0. The Kier molecular flexibility index (Phi) is 5.05. The van der Waals surface area contributed by atoms with Crippen molar-refractivity contribution in [2.24, 2.45) is 0 Å². The number of para-hydroxylation sites is 2. The van der Waals surface area contributed by atoms with Gasteiger partial charge in [0.2, 0.25) is 5.76 Å². The van der Waals surface area contributed by atoms with Gasteiger partial charge in [-0.1, -0.05) is 60.2 Å². The highest BCUT2D eigenvalue weighted by Gasteiger charge is 2.64. The fraction of sp³-hybridized carbons (Fsp3) is 0.207. The van der Waals surface area contributed by atoms with E-state index in [0.29, 0.717) is 28.8 Å². The third-order valence-corrected chi connectivity index (χ3v) is 7.12. The number of aryl methyl sites for hydroxylation is 1. The van der Waals surface area contributed by atoms with E-state index in [-0.39, 0.29) is 35.8 Å². The van der Waals surface area contributed by atoms with E-state index in [1.165, 1.54) is 12.0 Å². The van der Waals surface area contributed by atoms with E-state index >= 15 is 0 Å². The number of fused-ring (bicyclic) bond motifs is 5. The SMILES string of the molecule is COCCN1C(=O)c2oc3ccccc3c(=O)c2C12C(=O)N(Cc1ccc(C)cc1)c1ccccc12. The van der Waals surface area contributed by atoms with Crippen molar-refractivity contribution in [3.8, 4) is 0 Å². The summed E-state index contributed by atoms with van der Waals surface area (Å²) in [5, 5.41) is 0.333. The maximum atomic E-state index is 14.5. The molecule has 1 spiro atoms. The lowest BCUT2D eigenvalue weighted by molar-refractivity contribution is -0.126. The number of methoxy groups -OCH3 is 1. The molecule has 180 valence electrons. The number of hydrogen-bond donors (Lipinski definition) is 0. The standard InChI is InChI=1S/C29H24N2O5/c1-18-11-13-19(14-12-18)17-30-22-9-5-4-8-21(22)29(28(30)34)24-25(32)20-7-3-6-10-23(20)36-26(24)27(33)31(29)15-16-35-2/h3-14H,15-17H2,1-2H3. The van der Waals surface area contributed by atoms with Crippen LogP contribution in [-0.2, 0) is 21.6 Å². The molecule has 3 aromatic carbocycles. The lowest BCUT2D eigenvalue weighted by Crippen LogP contribution is -2.54. The molecule has 0 radical (unpaired) electrons. The summed E-state index contributed by atoms with van der Waals surface area (Å²) < 4.78 is 11.3. The molecule has 1 atom stereocenters. The predicted molar refractivity (Wildman–Crippen MR) is 135 cm³/mol. The Balaban J connectivity index is 1.63. The van der Waals surface area contributed by atoms with Crippen LogP contribution in [0.2, 0.25) is 0 Å². The van der Waals surface area contributed by atoms with Crippen LogP contribution in [0.25, 0.3) is 11.0 Å². The Labute approximate surface area is 207 Å². The maximum absolute atomic E-state index is 14.5. The first-order valence-corrected chi connectivity index (χ1v) is 11.8. The minimum atomic E-state index is -1.63. The van der Waals surface area contributed by atoms with Gasteiger partial charge >= 0.3 is 0 Å². The highest BCUT2D eigenvalue weighted by molar-refractivity contribution is 6.17. The quantitative estimate of drug-likeness (QED) is 0.432. The summed E-state index contributed by atoms with van der Waals surface area (Å²) in [5.41, 5.74) is 1.71. The average molecular weight is 481 g/mol. The largest absolute Gasteiger partial charge is 0.450 e. The Morgan fingerprint density at radius 2 is 1.64 bits per heavy atom. The number of rotatable bonds is 5. The number of nitrogens with zero attached hydrogens (tertiary/aromatic N) is 2. The molecule has 1 aromatic heterocycles. The molecule has 1 unspecified atom stereocenters. The summed E-state index contributed by atoms with van der Waals surface area (Å²) in [5.74, 6) is -0.935. The van der Waals surface area contributed by atoms with Gasteiger partial charge in [0.25, 0.3) is 11.8 Å². The molecule has 3 heterocycles. The van der Waals surface area contributed by atoms with Crippen LogP contribution in [0.3, 0.4) is 0 Å². The van der Waals surface area contributed by atoms with Crippen LogP contribution >= 0.6 is 0 Å². The van der Waals surface area contributed by atoms with E-state index in [9.17, 15) is 14.4 Å². The molecule has 7 nitrogen and oxygen atoms in total. The van der Waals surface area contributed by atoms with Crippen molar-refractivity contribution < 1.29 is 18.7 Å². The molecular weight excluding hydrogens is 456 g/mol. The minimum absolute atomic E-state index is 0.0751. The Hall–Kier alpha value is -4.23. The van der Waals surface area contributed by atoms with Crippen molar-refractivity contribution in [1.29, 1.82) is 0 Å². The van der Waals surface area contributed by atoms with Crippen LogP contribution in [0.5, 0.6) is 0 Å². The summed E-state index contributed by atoms with van der Waals surface area (Å²) in [4.78, 5) is 45.4. The van der Waals surface area contributed by atoms with Gasteiger partial charge in [-0.05, 0) is 30.7 Å². The van der Waals surface area contributed by atoms with Crippen molar-refractivity contribution in [1.82, 2.24) is 4.90 Å². The summed E-state index contributed by atoms with van der Waals surface area (Å²) in [6, 6.07) is 22.1. The zero-order valence-electron chi connectivity index (χ0n) is 20.0. The molecule has 0 saturated carbocycles. The highest BCUT2D eigenvalue weighted by Crippen LogP contribution is 2.52. The van der Waals surface area contributed by atoms with Gasteiger partial charge in [0.05, 0.1) is 29.8 Å². The second kappa shape index (κ2) is 8.17. The lowest BCUT2D eigenvalue weighted by Gasteiger charge is -2.34. The number of hydrogen-bond acceptors (Lipinski definition) is 5. The van der Waals surface area contributed by atoms with Crippen LogP contribution in [0.1, 0.15) is 32.8 Å². The zero-order valence-corrected chi connectivity index (χ0v) is 20.0. The molecular formula is C29H24N2O5. The average Bonchev–Trinajstić information content (AvgIpc) is 3.29. The molecule has 2 aliphatic heterocycles. The van der Waals surface area contributed by atoms with Gasteiger partial charge < -0.3 is 19.0 Å². The number of amides is 2. The Morgan fingerprint density at radius 3 is 2.42 bits per heavy atom. The molecule has 6 rings (SSSR count). The van der Waals surface area contributed by atoms with Crippen molar-refractivity contribution in [2.45, 2.75) is 19.0 Å². The smallest absolute Gasteiger partial charge is 0.291 e. The first-order valence-electron chi connectivity index (χ1n) is 11.8. The second-order valence-electron chi connectivity index (χ2n) is 9.19. The van der Waals surface area contributed by atoms with Crippen molar-refractivity contribution in [3.63, 3.8) is 0 Å². The maximum Gasteiger partial charge on any atom is 0.291 e.